The second-order valence-electron chi connectivity index (χ2n) is 8.08. The summed E-state index contributed by atoms with van der Waals surface area (Å²) in [5.74, 6) is -0.937. The molecule has 0 bridgehead atoms. The lowest BCUT2D eigenvalue weighted by atomic mass is 10.3. The number of aromatic nitrogens is 3. The Morgan fingerprint density at radius 2 is 1.92 bits per heavy atom. The Bertz CT molecular complexity index is 1280. The van der Waals surface area contributed by atoms with E-state index in [0.717, 1.165) is 23.2 Å². The maximum atomic E-state index is 14.0. The van der Waals surface area contributed by atoms with Gasteiger partial charge in [-0.05, 0) is 19.9 Å². The fourth-order valence-electron chi connectivity index (χ4n) is 3.69. The monoisotopic (exact) mass is 551 g/mol. The van der Waals surface area contributed by atoms with E-state index in [1.54, 1.807) is 19.9 Å². The molecule has 2 N–H and O–H groups in total. The van der Waals surface area contributed by atoms with Crippen molar-refractivity contribution in [2.24, 2.45) is 0 Å². The zero-order chi connectivity index (χ0) is 26.5. The first-order valence-electron chi connectivity index (χ1n) is 11.4. The zero-order valence-electron chi connectivity index (χ0n) is 20.1. The van der Waals surface area contributed by atoms with Gasteiger partial charge in [-0.1, -0.05) is 22.9 Å². The smallest absolute Gasteiger partial charge is 0.320 e. The summed E-state index contributed by atoms with van der Waals surface area (Å²) < 4.78 is 32.3. The predicted molar refractivity (Wildman–Crippen MR) is 137 cm³/mol. The van der Waals surface area contributed by atoms with Gasteiger partial charge in [0.1, 0.15) is 28.2 Å². The number of benzene rings is 1. The number of amides is 1. The molecule has 2 aromatic heterocycles. The van der Waals surface area contributed by atoms with Crippen molar-refractivity contribution in [1.82, 2.24) is 19.9 Å². The number of halogens is 3. The van der Waals surface area contributed by atoms with Crippen LogP contribution < -0.4 is 15.5 Å². The highest BCUT2D eigenvalue weighted by Gasteiger charge is 2.22. The first kappa shape index (κ1) is 26.6. The predicted octanol–water partition coefficient (Wildman–Crippen LogP) is 3.85. The van der Waals surface area contributed by atoms with Gasteiger partial charge >= 0.3 is 5.97 Å². The quantitative estimate of drug-likeness (QED) is 0.403. The second kappa shape index (κ2) is 11.8. The van der Waals surface area contributed by atoms with Crippen LogP contribution in [0.5, 0.6) is 0 Å². The molecule has 3 heterocycles. The molecule has 10 nitrogen and oxygen atoms in total. The Labute approximate surface area is 220 Å². The SMILES string of the molecule is CCOC(=O)CN1CCN(c2cc(Nc3ncc(C(=O)Nc4c(F)cc(F)cc4Cl)s3)nc(C)n2)CC1. The third-order valence-corrected chi connectivity index (χ3v) is 6.60. The number of hydrogen-bond acceptors (Lipinski definition) is 10. The second-order valence-corrected chi connectivity index (χ2v) is 9.52. The molecule has 0 saturated carbocycles. The fraction of sp³-hybridized carbons (Fsp3) is 0.348. The number of nitrogens with one attached hydrogen (secondary N) is 2. The number of aryl methyl sites for hydroxylation is 1. The van der Waals surface area contributed by atoms with Crippen LogP contribution in [0.2, 0.25) is 5.02 Å². The van der Waals surface area contributed by atoms with Gasteiger partial charge in [-0.15, -0.1) is 0 Å². The summed E-state index contributed by atoms with van der Waals surface area (Å²) in [6.45, 7) is 6.92. The molecule has 1 aliphatic rings. The molecule has 4 rings (SSSR count). The van der Waals surface area contributed by atoms with Crippen molar-refractivity contribution < 1.29 is 23.1 Å². The molecule has 0 spiro atoms. The number of nitrogens with zero attached hydrogens (tertiary/aromatic N) is 5. The summed E-state index contributed by atoms with van der Waals surface area (Å²) in [4.78, 5) is 41.7. The number of carbonyl (C=O) groups is 2. The van der Waals surface area contributed by atoms with Crippen LogP contribution in [0.4, 0.5) is 31.2 Å². The normalized spacial score (nSPS) is 13.9. The number of piperazine rings is 1. The minimum absolute atomic E-state index is 0.186. The standard InChI is InChI=1S/C23H24ClF2N7O3S/c1-3-36-20(34)12-32-4-6-33(7-5-32)19-10-18(28-13(2)29-19)30-23-27-11-17(37-23)22(35)31-21-15(24)8-14(25)9-16(21)26/h8-11H,3-7,12H2,1-2H3,(H,31,35)(H,27,28,29,30). The third-order valence-electron chi connectivity index (χ3n) is 5.39. The molecular formula is C23H24ClF2N7O3S. The first-order valence-corrected chi connectivity index (χ1v) is 12.6. The Balaban J connectivity index is 1.39. The van der Waals surface area contributed by atoms with E-state index in [0.29, 0.717) is 55.6 Å². The van der Waals surface area contributed by atoms with Crippen LogP contribution in [0.15, 0.2) is 24.4 Å². The van der Waals surface area contributed by atoms with Crippen molar-refractivity contribution in [2.75, 3.05) is 54.9 Å². The van der Waals surface area contributed by atoms with Crippen LogP contribution in [0.3, 0.4) is 0 Å². The molecule has 14 heteroatoms. The Hall–Kier alpha value is -3.42. The zero-order valence-corrected chi connectivity index (χ0v) is 21.6. The average molecular weight is 552 g/mol. The van der Waals surface area contributed by atoms with E-state index in [2.05, 4.69) is 30.5 Å². The molecule has 196 valence electrons. The number of ether oxygens (including phenoxy) is 1. The van der Waals surface area contributed by atoms with Crippen molar-refractivity contribution in [1.29, 1.82) is 0 Å². The van der Waals surface area contributed by atoms with Crippen molar-refractivity contribution in [3.05, 3.63) is 51.8 Å². The van der Waals surface area contributed by atoms with E-state index < -0.39 is 17.5 Å². The minimum atomic E-state index is -0.980. The van der Waals surface area contributed by atoms with E-state index >= 15 is 0 Å². The number of esters is 1. The lowest BCUT2D eigenvalue weighted by Crippen LogP contribution is -2.48. The van der Waals surface area contributed by atoms with Crippen LogP contribution in [0.25, 0.3) is 0 Å². The van der Waals surface area contributed by atoms with Gasteiger partial charge in [-0.2, -0.15) is 0 Å². The highest BCUT2D eigenvalue weighted by Crippen LogP contribution is 2.29. The Morgan fingerprint density at radius 1 is 1.16 bits per heavy atom. The molecule has 1 amide bonds. The van der Waals surface area contributed by atoms with Gasteiger partial charge in [0.2, 0.25) is 0 Å². The minimum Gasteiger partial charge on any atom is -0.465 e. The molecule has 1 aromatic carbocycles. The largest absolute Gasteiger partial charge is 0.465 e. The maximum absolute atomic E-state index is 14.0. The molecule has 0 unspecified atom stereocenters. The lowest BCUT2D eigenvalue weighted by molar-refractivity contribution is -0.144. The molecule has 1 saturated heterocycles. The van der Waals surface area contributed by atoms with E-state index in [9.17, 15) is 18.4 Å². The Morgan fingerprint density at radius 3 is 2.62 bits per heavy atom. The number of rotatable bonds is 8. The maximum Gasteiger partial charge on any atom is 0.320 e. The van der Waals surface area contributed by atoms with Crippen LogP contribution in [-0.4, -0.2) is 71.1 Å². The summed E-state index contributed by atoms with van der Waals surface area (Å²) in [6.07, 6.45) is 1.33. The van der Waals surface area contributed by atoms with Gasteiger partial charge in [-0.3, -0.25) is 14.5 Å². The van der Waals surface area contributed by atoms with Crippen LogP contribution in [0, 0.1) is 18.6 Å². The van der Waals surface area contributed by atoms with E-state index in [1.807, 2.05) is 4.90 Å². The molecule has 0 atom stereocenters. The molecule has 0 radical (unpaired) electrons. The Kier molecular flexibility index (Phi) is 8.46. The summed E-state index contributed by atoms with van der Waals surface area (Å²) in [5, 5.41) is 5.56. The van der Waals surface area contributed by atoms with E-state index in [4.69, 9.17) is 16.3 Å². The van der Waals surface area contributed by atoms with Crippen LogP contribution in [-0.2, 0) is 9.53 Å². The van der Waals surface area contributed by atoms with Gasteiger partial charge in [0.15, 0.2) is 10.9 Å². The molecule has 3 aromatic rings. The van der Waals surface area contributed by atoms with Gasteiger partial charge in [0.05, 0.1) is 30.1 Å². The van der Waals surface area contributed by atoms with Crippen LogP contribution >= 0.6 is 22.9 Å². The molecular weight excluding hydrogens is 528 g/mol. The molecule has 37 heavy (non-hydrogen) atoms. The van der Waals surface area contributed by atoms with Crippen LogP contribution in [0.1, 0.15) is 22.4 Å². The lowest BCUT2D eigenvalue weighted by Gasteiger charge is -2.34. The van der Waals surface area contributed by atoms with Gasteiger partial charge in [0, 0.05) is 38.3 Å². The third kappa shape index (κ3) is 6.87. The number of hydrogen-bond donors (Lipinski definition) is 2. The number of carbonyl (C=O) groups excluding carboxylic acids is 2. The van der Waals surface area contributed by atoms with Crippen molar-refractivity contribution in [2.45, 2.75) is 13.8 Å². The fourth-order valence-corrected chi connectivity index (χ4v) is 4.65. The summed E-state index contributed by atoms with van der Waals surface area (Å²) in [5.41, 5.74) is -0.311. The number of anilines is 4. The average Bonchev–Trinajstić information content (AvgIpc) is 3.30. The first-order chi connectivity index (χ1) is 17.7. The number of thiazole rings is 1. The van der Waals surface area contributed by atoms with Crippen molar-refractivity contribution >= 4 is 57.3 Å². The molecule has 1 fully saturated rings. The van der Waals surface area contributed by atoms with Crippen molar-refractivity contribution in [3.63, 3.8) is 0 Å². The van der Waals surface area contributed by atoms with Gasteiger partial charge < -0.3 is 20.3 Å². The van der Waals surface area contributed by atoms with Gasteiger partial charge in [-0.25, -0.2) is 23.7 Å². The summed E-state index contributed by atoms with van der Waals surface area (Å²) in [7, 11) is 0. The molecule has 1 aliphatic heterocycles. The molecule has 0 aliphatic carbocycles. The highest BCUT2D eigenvalue weighted by molar-refractivity contribution is 7.17. The topological polar surface area (TPSA) is 113 Å². The summed E-state index contributed by atoms with van der Waals surface area (Å²) >= 11 is 6.88. The highest BCUT2D eigenvalue weighted by atomic mass is 35.5. The van der Waals surface area contributed by atoms with E-state index in [1.165, 1.54) is 6.20 Å². The van der Waals surface area contributed by atoms with Gasteiger partial charge in [0.25, 0.3) is 5.91 Å². The van der Waals surface area contributed by atoms with E-state index in [-0.39, 0.29) is 28.1 Å². The van der Waals surface area contributed by atoms with Crippen molar-refractivity contribution in [3.8, 4) is 0 Å². The summed E-state index contributed by atoms with van der Waals surface area (Å²) in [6, 6.07) is 3.33.